The van der Waals surface area contributed by atoms with Gasteiger partial charge in [-0.1, -0.05) is 12.1 Å². The number of carbonyl (C=O) groups is 1. The first-order chi connectivity index (χ1) is 12.1. The quantitative estimate of drug-likeness (QED) is 0.517. The van der Waals surface area contributed by atoms with Crippen LogP contribution in [0.1, 0.15) is 44.1 Å². The summed E-state index contributed by atoms with van der Waals surface area (Å²) in [6.07, 6.45) is 4.47. The van der Waals surface area contributed by atoms with Crippen LogP contribution in [0.3, 0.4) is 0 Å². The molecule has 0 bridgehead atoms. The molecular weight excluding hydrogens is 336 g/mol. The normalized spacial score (nSPS) is 13.6. The molecule has 4 nitrogen and oxygen atoms in total. The average Bonchev–Trinajstić information content (AvgIpc) is 3.03. The number of fused-ring (bicyclic) bond motifs is 2. The van der Waals surface area contributed by atoms with Crippen molar-refractivity contribution in [2.24, 2.45) is 0 Å². The first-order valence-electron chi connectivity index (χ1n) is 8.42. The van der Waals surface area contributed by atoms with Crippen LogP contribution in [0.2, 0.25) is 0 Å². The summed E-state index contributed by atoms with van der Waals surface area (Å²) in [7, 11) is 0. The Labute approximate surface area is 149 Å². The zero-order chi connectivity index (χ0) is 17.4. The highest BCUT2D eigenvalue weighted by molar-refractivity contribution is 7.14. The molecule has 0 atom stereocenters. The van der Waals surface area contributed by atoms with Crippen molar-refractivity contribution in [1.29, 1.82) is 0 Å². The van der Waals surface area contributed by atoms with E-state index in [0.29, 0.717) is 16.0 Å². The number of thiophene rings is 1. The van der Waals surface area contributed by atoms with Crippen LogP contribution in [0.4, 0.5) is 0 Å². The minimum atomic E-state index is -0.435. The van der Waals surface area contributed by atoms with E-state index in [2.05, 4.69) is 0 Å². The molecule has 1 aliphatic rings. The van der Waals surface area contributed by atoms with Gasteiger partial charge in [0.15, 0.2) is 0 Å². The van der Waals surface area contributed by atoms with E-state index in [1.165, 1.54) is 40.7 Å². The zero-order valence-electron chi connectivity index (χ0n) is 14.0. The summed E-state index contributed by atoms with van der Waals surface area (Å²) >= 11 is 1.53. The molecule has 1 aromatic carbocycles. The summed E-state index contributed by atoms with van der Waals surface area (Å²) in [4.78, 5) is 26.1. The van der Waals surface area contributed by atoms with E-state index in [1.54, 1.807) is 0 Å². The molecular formula is C20H18O4S. The van der Waals surface area contributed by atoms with E-state index >= 15 is 0 Å². The molecule has 5 heteroatoms. The molecule has 0 radical (unpaired) electrons. The lowest BCUT2D eigenvalue weighted by molar-refractivity contribution is 0.0479. The molecule has 0 amide bonds. The van der Waals surface area contributed by atoms with Gasteiger partial charge in [-0.25, -0.2) is 9.59 Å². The van der Waals surface area contributed by atoms with Crippen molar-refractivity contribution in [3.8, 4) is 0 Å². The third-order valence-corrected chi connectivity index (χ3v) is 5.76. The third-order valence-electron chi connectivity index (χ3n) is 4.54. The molecule has 1 aliphatic carbocycles. The molecule has 25 heavy (non-hydrogen) atoms. The molecule has 3 aromatic rings. The summed E-state index contributed by atoms with van der Waals surface area (Å²) in [6, 6.07) is 9.00. The van der Waals surface area contributed by atoms with Crippen LogP contribution >= 0.6 is 11.3 Å². The van der Waals surface area contributed by atoms with Crippen molar-refractivity contribution in [1.82, 2.24) is 0 Å². The average molecular weight is 354 g/mol. The van der Waals surface area contributed by atoms with E-state index in [-0.39, 0.29) is 12.6 Å². The smallest absolute Gasteiger partial charge is 0.348 e. The summed E-state index contributed by atoms with van der Waals surface area (Å²) in [5, 5.41) is 0.795. The Bertz CT molecular complexity index is 989. The van der Waals surface area contributed by atoms with Gasteiger partial charge >= 0.3 is 11.6 Å². The number of rotatable bonds is 3. The highest BCUT2D eigenvalue weighted by Gasteiger charge is 2.18. The van der Waals surface area contributed by atoms with Gasteiger partial charge in [0.2, 0.25) is 0 Å². The van der Waals surface area contributed by atoms with Crippen molar-refractivity contribution in [3.05, 3.63) is 67.2 Å². The van der Waals surface area contributed by atoms with Crippen LogP contribution in [-0.4, -0.2) is 5.97 Å². The number of hydrogen-bond acceptors (Lipinski definition) is 5. The minimum absolute atomic E-state index is 0.0621. The van der Waals surface area contributed by atoms with Gasteiger partial charge in [-0.15, -0.1) is 11.3 Å². The van der Waals surface area contributed by atoms with Crippen LogP contribution in [0.15, 0.2) is 39.5 Å². The lowest BCUT2D eigenvalue weighted by atomic mass is 9.99. The maximum Gasteiger partial charge on any atom is 0.348 e. The second-order valence-electron chi connectivity index (χ2n) is 6.43. The summed E-state index contributed by atoms with van der Waals surface area (Å²) < 4.78 is 10.7. The molecule has 0 spiro atoms. The molecule has 2 aromatic heterocycles. The monoisotopic (exact) mass is 354 g/mol. The van der Waals surface area contributed by atoms with Crippen molar-refractivity contribution in [2.75, 3.05) is 0 Å². The zero-order valence-corrected chi connectivity index (χ0v) is 14.8. The van der Waals surface area contributed by atoms with E-state index in [0.717, 1.165) is 23.8 Å². The van der Waals surface area contributed by atoms with Gasteiger partial charge in [-0.05, 0) is 55.9 Å². The molecule has 128 valence electrons. The van der Waals surface area contributed by atoms with Crippen LogP contribution in [0, 0.1) is 6.92 Å². The van der Waals surface area contributed by atoms with Gasteiger partial charge in [-0.3, -0.25) is 0 Å². The minimum Gasteiger partial charge on any atom is -0.457 e. The summed E-state index contributed by atoms with van der Waals surface area (Å²) in [5.74, 6) is -0.326. The Morgan fingerprint density at radius 1 is 1.20 bits per heavy atom. The molecule has 0 saturated carbocycles. The molecule has 0 N–H and O–H groups in total. The molecule has 0 saturated heterocycles. The van der Waals surface area contributed by atoms with Crippen molar-refractivity contribution in [3.63, 3.8) is 0 Å². The Balaban J connectivity index is 1.57. The number of aryl methyl sites for hydroxylation is 3. The highest BCUT2D eigenvalue weighted by atomic mass is 32.1. The van der Waals surface area contributed by atoms with E-state index in [4.69, 9.17) is 9.15 Å². The molecule has 0 unspecified atom stereocenters. The fraction of sp³-hybridized carbons (Fsp3) is 0.300. The largest absolute Gasteiger partial charge is 0.457 e. The number of benzene rings is 1. The maximum atomic E-state index is 12.4. The van der Waals surface area contributed by atoms with Gasteiger partial charge in [0.25, 0.3) is 0 Å². The Morgan fingerprint density at radius 3 is 2.88 bits per heavy atom. The molecule has 0 aliphatic heterocycles. The number of carbonyl (C=O) groups excluding carboxylic acids is 1. The standard InChI is InChI=1S/C20H18O4S/c1-12-6-7-15-14(10-19(21)24-16(15)8-12)11-23-20(22)18-9-13-4-2-3-5-17(13)25-18/h6-10H,2-5,11H2,1H3. The predicted molar refractivity (Wildman–Crippen MR) is 97.3 cm³/mol. The lowest BCUT2D eigenvalue weighted by Crippen LogP contribution is -2.07. The van der Waals surface area contributed by atoms with Crippen LogP contribution in [0.25, 0.3) is 11.0 Å². The van der Waals surface area contributed by atoms with E-state index < -0.39 is 5.63 Å². The van der Waals surface area contributed by atoms with Crippen molar-refractivity contribution >= 4 is 28.3 Å². The van der Waals surface area contributed by atoms with Gasteiger partial charge in [-0.2, -0.15) is 0 Å². The number of ether oxygens (including phenoxy) is 1. The topological polar surface area (TPSA) is 56.5 Å². The Kier molecular flexibility index (Phi) is 4.17. The van der Waals surface area contributed by atoms with Crippen LogP contribution in [-0.2, 0) is 24.2 Å². The van der Waals surface area contributed by atoms with Gasteiger partial charge in [0.1, 0.15) is 17.1 Å². The third kappa shape index (κ3) is 3.24. The Hall–Kier alpha value is -2.40. The molecule has 2 heterocycles. The van der Waals surface area contributed by atoms with E-state index in [1.807, 2.05) is 31.2 Å². The van der Waals surface area contributed by atoms with Gasteiger partial charge in [0, 0.05) is 21.9 Å². The van der Waals surface area contributed by atoms with Gasteiger partial charge < -0.3 is 9.15 Å². The van der Waals surface area contributed by atoms with Crippen molar-refractivity contribution in [2.45, 2.75) is 39.2 Å². The molecule has 4 rings (SSSR count). The SMILES string of the molecule is Cc1ccc2c(COC(=O)c3cc4c(s3)CCCC4)cc(=O)oc2c1. The lowest BCUT2D eigenvalue weighted by Gasteiger charge is -2.08. The van der Waals surface area contributed by atoms with Gasteiger partial charge in [0.05, 0.1) is 0 Å². The number of hydrogen-bond donors (Lipinski definition) is 0. The fourth-order valence-corrected chi connectivity index (χ4v) is 4.41. The second-order valence-corrected chi connectivity index (χ2v) is 7.57. The molecule has 0 fully saturated rings. The predicted octanol–water partition coefficient (Wildman–Crippen LogP) is 4.40. The second kappa shape index (κ2) is 6.48. The highest BCUT2D eigenvalue weighted by Crippen LogP contribution is 2.30. The Morgan fingerprint density at radius 2 is 2.04 bits per heavy atom. The summed E-state index contributed by atoms with van der Waals surface area (Å²) in [5.41, 5.74) is 3.04. The maximum absolute atomic E-state index is 12.4. The van der Waals surface area contributed by atoms with Crippen molar-refractivity contribution < 1.29 is 13.9 Å². The first-order valence-corrected chi connectivity index (χ1v) is 9.24. The van der Waals surface area contributed by atoms with E-state index in [9.17, 15) is 9.59 Å². The van der Waals surface area contributed by atoms with Crippen LogP contribution in [0.5, 0.6) is 0 Å². The van der Waals surface area contributed by atoms with Crippen LogP contribution < -0.4 is 5.63 Å². The summed E-state index contributed by atoms with van der Waals surface area (Å²) in [6.45, 7) is 2.00. The number of esters is 1. The first kappa shape index (κ1) is 16.1. The fourth-order valence-electron chi connectivity index (χ4n) is 3.26.